The van der Waals surface area contributed by atoms with Gasteiger partial charge >= 0.3 is 5.97 Å². The highest BCUT2D eigenvalue weighted by Gasteiger charge is 2.32. The summed E-state index contributed by atoms with van der Waals surface area (Å²) in [6.07, 6.45) is 3.35. The van der Waals surface area contributed by atoms with Gasteiger partial charge in [0.25, 0.3) is 0 Å². The quantitative estimate of drug-likeness (QED) is 0.592. The highest BCUT2D eigenvalue weighted by molar-refractivity contribution is 5.87. The fourth-order valence-electron chi connectivity index (χ4n) is 2.54. The first-order chi connectivity index (χ1) is 10.3. The molecule has 0 radical (unpaired) electrons. The molecule has 22 heavy (non-hydrogen) atoms. The highest BCUT2D eigenvalue weighted by atomic mass is 16.5. The standard InChI is InChI=1S/C16H26N2O4/c1-5-13(19)18-9-7-12(8-10-18)15(21)17-16(3,6-2)11-14(20)22-4/h5,12H,1,6-11H2,2-4H3,(H,17,21). The summed E-state index contributed by atoms with van der Waals surface area (Å²) >= 11 is 0. The molecule has 0 bridgehead atoms. The van der Waals surface area contributed by atoms with Crippen LogP contribution >= 0.6 is 0 Å². The molecule has 0 aromatic rings. The van der Waals surface area contributed by atoms with Gasteiger partial charge in [0, 0.05) is 24.5 Å². The summed E-state index contributed by atoms with van der Waals surface area (Å²) in [5, 5.41) is 2.97. The van der Waals surface area contributed by atoms with Gasteiger partial charge in [0.2, 0.25) is 11.8 Å². The zero-order valence-corrected chi connectivity index (χ0v) is 13.7. The van der Waals surface area contributed by atoms with Crippen molar-refractivity contribution in [3.63, 3.8) is 0 Å². The molecular weight excluding hydrogens is 284 g/mol. The van der Waals surface area contributed by atoms with Gasteiger partial charge in [-0.15, -0.1) is 0 Å². The van der Waals surface area contributed by atoms with Gasteiger partial charge in [-0.2, -0.15) is 0 Å². The molecule has 1 N–H and O–H groups in total. The van der Waals surface area contributed by atoms with Crippen LogP contribution in [0.1, 0.15) is 39.5 Å². The van der Waals surface area contributed by atoms with Crippen molar-refractivity contribution in [2.24, 2.45) is 5.92 Å². The number of likely N-dealkylation sites (tertiary alicyclic amines) is 1. The van der Waals surface area contributed by atoms with Crippen LogP contribution in [-0.4, -0.2) is 48.4 Å². The summed E-state index contributed by atoms with van der Waals surface area (Å²) in [6.45, 7) is 8.36. The van der Waals surface area contributed by atoms with E-state index in [1.54, 1.807) is 4.90 Å². The number of nitrogens with one attached hydrogen (secondary N) is 1. The van der Waals surface area contributed by atoms with E-state index < -0.39 is 5.54 Å². The molecule has 1 aliphatic heterocycles. The molecule has 1 saturated heterocycles. The SMILES string of the molecule is C=CC(=O)N1CCC(C(=O)NC(C)(CC)CC(=O)OC)CC1. The number of rotatable bonds is 6. The van der Waals surface area contributed by atoms with E-state index in [2.05, 4.69) is 16.6 Å². The molecule has 6 nitrogen and oxygen atoms in total. The van der Waals surface area contributed by atoms with Crippen molar-refractivity contribution >= 4 is 17.8 Å². The van der Waals surface area contributed by atoms with E-state index in [0.29, 0.717) is 32.4 Å². The molecule has 1 rings (SSSR count). The maximum Gasteiger partial charge on any atom is 0.307 e. The summed E-state index contributed by atoms with van der Waals surface area (Å²) in [5.74, 6) is -0.615. The van der Waals surface area contributed by atoms with Crippen LogP contribution in [0.2, 0.25) is 0 Å². The van der Waals surface area contributed by atoms with Crippen molar-refractivity contribution in [1.29, 1.82) is 0 Å². The fraction of sp³-hybridized carbons (Fsp3) is 0.688. The van der Waals surface area contributed by atoms with E-state index in [9.17, 15) is 14.4 Å². The Bertz CT molecular complexity index is 441. The van der Waals surface area contributed by atoms with Gasteiger partial charge in [-0.25, -0.2) is 0 Å². The minimum absolute atomic E-state index is 0.0565. The second kappa shape index (κ2) is 7.96. The molecule has 1 aliphatic rings. The molecule has 0 aromatic carbocycles. The number of carbonyl (C=O) groups is 3. The molecule has 1 atom stereocenters. The second-order valence-corrected chi connectivity index (χ2v) is 5.96. The van der Waals surface area contributed by atoms with E-state index in [4.69, 9.17) is 0 Å². The Morgan fingerprint density at radius 2 is 1.95 bits per heavy atom. The Morgan fingerprint density at radius 1 is 1.36 bits per heavy atom. The molecular formula is C16H26N2O4. The lowest BCUT2D eigenvalue weighted by Crippen LogP contribution is -2.51. The van der Waals surface area contributed by atoms with E-state index in [1.807, 2.05) is 13.8 Å². The Labute approximate surface area is 131 Å². The average Bonchev–Trinajstić information content (AvgIpc) is 2.53. The van der Waals surface area contributed by atoms with Crippen molar-refractivity contribution in [2.75, 3.05) is 20.2 Å². The lowest BCUT2D eigenvalue weighted by molar-refractivity contribution is -0.143. The van der Waals surface area contributed by atoms with E-state index in [1.165, 1.54) is 13.2 Å². The van der Waals surface area contributed by atoms with Gasteiger partial charge in [-0.05, 0) is 32.3 Å². The van der Waals surface area contributed by atoms with Crippen LogP contribution in [0.4, 0.5) is 0 Å². The van der Waals surface area contributed by atoms with Crippen molar-refractivity contribution in [2.45, 2.75) is 45.1 Å². The second-order valence-electron chi connectivity index (χ2n) is 5.96. The Hall–Kier alpha value is -1.85. The molecule has 1 fully saturated rings. The molecule has 0 saturated carbocycles. The van der Waals surface area contributed by atoms with Crippen LogP contribution in [0.5, 0.6) is 0 Å². The third kappa shape index (κ3) is 4.86. The van der Waals surface area contributed by atoms with Crippen molar-refractivity contribution in [3.05, 3.63) is 12.7 Å². The first-order valence-corrected chi connectivity index (χ1v) is 7.65. The van der Waals surface area contributed by atoms with Gasteiger partial charge in [0.05, 0.1) is 13.5 Å². The normalized spacial score (nSPS) is 18.2. The summed E-state index contributed by atoms with van der Waals surface area (Å²) in [7, 11) is 1.34. The number of methoxy groups -OCH3 is 1. The lowest BCUT2D eigenvalue weighted by Gasteiger charge is -2.34. The first kappa shape index (κ1) is 18.2. The summed E-state index contributed by atoms with van der Waals surface area (Å²) in [5.41, 5.74) is -0.599. The van der Waals surface area contributed by atoms with Gasteiger partial charge < -0.3 is 15.0 Å². The number of amides is 2. The number of hydrogen-bond acceptors (Lipinski definition) is 4. The third-order valence-corrected chi connectivity index (χ3v) is 4.32. The van der Waals surface area contributed by atoms with Gasteiger partial charge in [-0.1, -0.05) is 13.5 Å². The van der Waals surface area contributed by atoms with Gasteiger partial charge in [0.1, 0.15) is 0 Å². The van der Waals surface area contributed by atoms with E-state index in [-0.39, 0.29) is 30.1 Å². The van der Waals surface area contributed by atoms with Crippen LogP contribution in [0.3, 0.4) is 0 Å². The monoisotopic (exact) mass is 310 g/mol. The Balaban J connectivity index is 2.56. The molecule has 0 spiro atoms. The maximum atomic E-state index is 12.4. The van der Waals surface area contributed by atoms with Crippen LogP contribution in [0.25, 0.3) is 0 Å². The maximum absolute atomic E-state index is 12.4. The third-order valence-electron chi connectivity index (χ3n) is 4.32. The number of ether oxygens (including phenoxy) is 1. The highest BCUT2D eigenvalue weighted by Crippen LogP contribution is 2.21. The van der Waals surface area contributed by atoms with Crippen molar-refractivity contribution in [1.82, 2.24) is 10.2 Å². The predicted octanol–water partition coefficient (Wildman–Crippen LogP) is 1.26. The molecule has 2 amide bonds. The topological polar surface area (TPSA) is 75.7 Å². The number of carbonyl (C=O) groups excluding carboxylic acids is 3. The summed E-state index contributed by atoms with van der Waals surface area (Å²) in [6, 6.07) is 0. The van der Waals surface area contributed by atoms with E-state index >= 15 is 0 Å². The molecule has 6 heteroatoms. The molecule has 1 heterocycles. The van der Waals surface area contributed by atoms with Gasteiger partial charge in [0.15, 0.2) is 0 Å². The number of nitrogens with zero attached hydrogens (tertiary/aromatic N) is 1. The Kier molecular flexibility index (Phi) is 6.59. The minimum atomic E-state index is -0.599. The molecule has 0 aliphatic carbocycles. The zero-order valence-electron chi connectivity index (χ0n) is 13.7. The first-order valence-electron chi connectivity index (χ1n) is 7.65. The molecule has 0 aromatic heterocycles. The molecule has 124 valence electrons. The number of piperidine rings is 1. The summed E-state index contributed by atoms with van der Waals surface area (Å²) < 4.78 is 4.68. The number of esters is 1. The van der Waals surface area contributed by atoms with Crippen molar-refractivity contribution < 1.29 is 19.1 Å². The molecule has 1 unspecified atom stereocenters. The Morgan fingerprint density at radius 3 is 2.41 bits per heavy atom. The zero-order chi connectivity index (χ0) is 16.8. The predicted molar refractivity (Wildman–Crippen MR) is 83.0 cm³/mol. The largest absolute Gasteiger partial charge is 0.469 e. The van der Waals surface area contributed by atoms with Gasteiger partial charge in [-0.3, -0.25) is 14.4 Å². The van der Waals surface area contributed by atoms with Crippen molar-refractivity contribution in [3.8, 4) is 0 Å². The average molecular weight is 310 g/mol. The minimum Gasteiger partial charge on any atom is -0.469 e. The smallest absolute Gasteiger partial charge is 0.307 e. The fourth-order valence-corrected chi connectivity index (χ4v) is 2.54. The van der Waals surface area contributed by atoms with E-state index in [0.717, 1.165) is 0 Å². The number of hydrogen-bond donors (Lipinski definition) is 1. The van der Waals surface area contributed by atoms with Crippen LogP contribution < -0.4 is 5.32 Å². The van der Waals surface area contributed by atoms with Crippen LogP contribution in [-0.2, 0) is 19.1 Å². The van der Waals surface area contributed by atoms with Crippen LogP contribution in [0.15, 0.2) is 12.7 Å². The lowest BCUT2D eigenvalue weighted by atomic mass is 9.90. The summed E-state index contributed by atoms with van der Waals surface area (Å²) in [4.78, 5) is 37.1. The van der Waals surface area contributed by atoms with Crippen LogP contribution in [0, 0.1) is 5.92 Å².